The van der Waals surface area contributed by atoms with Gasteiger partial charge >= 0.3 is 13.8 Å². The van der Waals surface area contributed by atoms with Crippen LogP contribution in [0.1, 0.15) is 284 Å². The third-order valence-corrected chi connectivity index (χ3v) is 13.3. The van der Waals surface area contributed by atoms with Gasteiger partial charge < -0.3 is 20.1 Å². The van der Waals surface area contributed by atoms with Crippen LogP contribution in [0.5, 0.6) is 0 Å². The first-order valence-corrected chi connectivity index (χ1v) is 29.3. The Labute approximate surface area is 397 Å². The zero-order valence-corrected chi connectivity index (χ0v) is 43.4. The normalized spacial score (nSPS) is 13.4. The molecule has 0 aliphatic carbocycles. The lowest BCUT2D eigenvalue weighted by molar-refractivity contribution is -0.154. The molecule has 0 rings (SSSR count). The van der Waals surface area contributed by atoms with Gasteiger partial charge in [-0.15, -0.1) is 0 Å². The van der Waals surface area contributed by atoms with E-state index in [1.165, 1.54) is 231 Å². The Kier molecular flexibility index (Phi) is 52.1. The topological polar surface area (TPSA) is 117 Å². The van der Waals surface area contributed by atoms with Crippen LogP contribution in [-0.4, -0.2) is 49.9 Å². The SMILES string of the molecule is CCCCCCCC/C=C\CCCCCCCCCCCCOCC(COP(=O)(O)OCCN)OC(=O)CCCCCCCCCCCCCCC/C=C\CCCCCCCCCC. The summed E-state index contributed by atoms with van der Waals surface area (Å²) in [4.78, 5) is 22.6. The first kappa shape index (κ1) is 63.0. The minimum atomic E-state index is -4.28. The van der Waals surface area contributed by atoms with Crippen molar-refractivity contribution in [2.75, 3.05) is 33.0 Å². The van der Waals surface area contributed by atoms with Crippen molar-refractivity contribution in [3.63, 3.8) is 0 Å². The largest absolute Gasteiger partial charge is 0.472 e. The van der Waals surface area contributed by atoms with Crippen LogP contribution < -0.4 is 5.73 Å². The minimum Gasteiger partial charge on any atom is -0.457 e. The van der Waals surface area contributed by atoms with E-state index in [2.05, 4.69) is 38.2 Å². The Balaban J connectivity index is 3.87. The molecule has 0 aromatic rings. The molecule has 0 saturated heterocycles. The second-order valence-corrected chi connectivity index (χ2v) is 20.2. The second kappa shape index (κ2) is 52.9. The smallest absolute Gasteiger partial charge is 0.457 e. The minimum absolute atomic E-state index is 0.0934. The highest BCUT2D eigenvalue weighted by Crippen LogP contribution is 2.43. The zero-order valence-electron chi connectivity index (χ0n) is 42.5. The van der Waals surface area contributed by atoms with E-state index in [-0.39, 0.29) is 32.3 Å². The molecule has 0 bridgehead atoms. The molecule has 64 heavy (non-hydrogen) atoms. The number of carbonyl (C=O) groups is 1. The Morgan fingerprint density at radius 1 is 0.453 bits per heavy atom. The van der Waals surface area contributed by atoms with Gasteiger partial charge in [0.25, 0.3) is 0 Å². The summed E-state index contributed by atoms with van der Waals surface area (Å²) in [6.07, 6.45) is 62.2. The lowest BCUT2D eigenvalue weighted by atomic mass is 10.0. The van der Waals surface area contributed by atoms with Crippen molar-refractivity contribution < 1.29 is 32.8 Å². The number of allylic oxidation sites excluding steroid dienone is 4. The molecular formula is C55H108NO7P. The molecule has 0 saturated carbocycles. The highest BCUT2D eigenvalue weighted by atomic mass is 31.2. The van der Waals surface area contributed by atoms with Crippen molar-refractivity contribution in [3.05, 3.63) is 24.3 Å². The number of hydrogen-bond donors (Lipinski definition) is 2. The summed E-state index contributed by atoms with van der Waals surface area (Å²) in [7, 11) is -4.28. The first-order valence-electron chi connectivity index (χ1n) is 27.8. The monoisotopic (exact) mass is 926 g/mol. The highest BCUT2D eigenvalue weighted by molar-refractivity contribution is 7.47. The van der Waals surface area contributed by atoms with Crippen LogP contribution in [0.15, 0.2) is 24.3 Å². The van der Waals surface area contributed by atoms with Crippen LogP contribution in [0.4, 0.5) is 0 Å². The van der Waals surface area contributed by atoms with Gasteiger partial charge in [0.2, 0.25) is 0 Å². The molecule has 0 aliphatic heterocycles. The van der Waals surface area contributed by atoms with E-state index in [0.717, 1.165) is 32.1 Å². The van der Waals surface area contributed by atoms with Crippen molar-refractivity contribution in [1.82, 2.24) is 0 Å². The molecule has 8 nitrogen and oxygen atoms in total. The molecule has 380 valence electrons. The molecule has 0 aromatic heterocycles. The van der Waals surface area contributed by atoms with Crippen LogP contribution in [-0.2, 0) is 27.9 Å². The summed E-state index contributed by atoms with van der Waals surface area (Å²) in [6.45, 7) is 4.98. The van der Waals surface area contributed by atoms with Gasteiger partial charge in [0, 0.05) is 19.6 Å². The van der Waals surface area contributed by atoms with E-state index in [0.29, 0.717) is 13.0 Å². The van der Waals surface area contributed by atoms with E-state index in [4.69, 9.17) is 24.3 Å². The van der Waals surface area contributed by atoms with E-state index in [1.54, 1.807) is 0 Å². The lowest BCUT2D eigenvalue weighted by Gasteiger charge is -2.20. The van der Waals surface area contributed by atoms with Gasteiger partial charge in [0.05, 0.1) is 19.8 Å². The molecule has 0 aromatic carbocycles. The maximum Gasteiger partial charge on any atom is 0.472 e. The Bertz CT molecular complexity index is 1040. The predicted molar refractivity (Wildman–Crippen MR) is 275 cm³/mol. The number of phosphoric ester groups is 1. The van der Waals surface area contributed by atoms with Gasteiger partial charge in [-0.05, 0) is 64.2 Å². The molecule has 9 heteroatoms. The number of nitrogens with two attached hydrogens (primary N) is 1. The molecule has 0 radical (unpaired) electrons. The fraction of sp³-hybridized carbons (Fsp3) is 0.909. The van der Waals surface area contributed by atoms with Crippen molar-refractivity contribution in [3.8, 4) is 0 Å². The Morgan fingerprint density at radius 2 is 0.781 bits per heavy atom. The van der Waals surface area contributed by atoms with Gasteiger partial charge in [-0.2, -0.15) is 0 Å². The Hall–Kier alpha value is -1.02. The Morgan fingerprint density at radius 3 is 1.14 bits per heavy atom. The average molecular weight is 926 g/mol. The molecule has 2 atom stereocenters. The maximum atomic E-state index is 12.7. The molecule has 2 unspecified atom stereocenters. The third-order valence-electron chi connectivity index (χ3n) is 12.3. The van der Waals surface area contributed by atoms with Gasteiger partial charge in [0.1, 0.15) is 6.10 Å². The molecule has 0 aliphatic rings. The van der Waals surface area contributed by atoms with Gasteiger partial charge in [0.15, 0.2) is 0 Å². The number of rotatable bonds is 54. The summed E-state index contributed by atoms with van der Waals surface area (Å²) < 4.78 is 33.7. The van der Waals surface area contributed by atoms with E-state index in [1.807, 2.05) is 0 Å². The van der Waals surface area contributed by atoms with Gasteiger partial charge in [-0.3, -0.25) is 13.8 Å². The van der Waals surface area contributed by atoms with Crippen LogP contribution in [0.2, 0.25) is 0 Å². The highest BCUT2D eigenvalue weighted by Gasteiger charge is 2.25. The first-order chi connectivity index (χ1) is 31.4. The summed E-state index contributed by atoms with van der Waals surface area (Å²) >= 11 is 0. The fourth-order valence-electron chi connectivity index (χ4n) is 8.23. The quantitative estimate of drug-likeness (QED) is 0.0268. The summed E-state index contributed by atoms with van der Waals surface area (Å²) in [5.41, 5.74) is 5.40. The maximum absolute atomic E-state index is 12.7. The van der Waals surface area contributed by atoms with Crippen LogP contribution >= 0.6 is 7.82 Å². The third kappa shape index (κ3) is 52.0. The standard InChI is InChI=1S/C55H108NO7P/c1-3-5-7-9-11-13-15-17-19-21-23-25-26-27-28-29-30-32-34-36-38-40-42-44-46-48-55(57)63-54(53-62-64(58,59)61-51-49-56)52-60-50-47-45-43-41-39-37-35-33-31-24-22-20-18-16-14-12-10-8-6-4-2/h18,20-21,23,54H,3-17,19,22,24-53,56H2,1-2H3,(H,58,59)/b20-18-,23-21-. The number of ether oxygens (including phenoxy) is 2. The average Bonchev–Trinajstić information content (AvgIpc) is 3.29. The predicted octanol–water partition coefficient (Wildman–Crippen LogP) is 17.5. The molecular weight excluding hydrogens is 818 g/mol. The van der Waals surface area contributed by atoms with Gasteiger partial charge in [-0.25, -0.2) is 4.57 Å². The number of esters is 1. The van der Waals surface area contributed by atoms with Crippen molar-refractivity contribution in [1.29, 1.82) is 0 Å². The summed E-state index contributed by atoms with van der Waals surface area (Å²) in [5.74, 6) is -0.325. The number of hydrogen-bond acceptors (Lipinski definition) is 7. The van der Waals surface area contributed by atoms with Crippen molar-refractivity contribution >= 4 is 13.8 Å². The van der Waals surface area contributed by atoms with E-state index < -0.39 is 13.9 Å². The molecule has 0 heterocycles. The number of carbonyl (C=O) groups excluding carboxylic acids is 1. The summed E-state index contributed by atoms with van der Waals surface area (Å²) in [6, 6.07) is 0. The summed E-state index contributed by atoms with van der Waals surface area (Å²) in [5, 5.41) is 0. The van der Waals surface area contributed by atoms with Crippen LogP contribution in [0, 0.1) is 0 Å². The second-order valence-electron chi connectivity index (χ2n) is 18.8. The molecule has 0 amide bonds. The molecule has 3 N–H and O–H groups in total. The van der Waals surface area contributed by atoms with Crippen molar-refractivity contribution in [2.24, 2.45) is 5.73 Å². The van der Waals surface area contributed by atoms with Crippen molar-refractivity contribution in [2.45, 2.75) is 290 Å². The molecule has 0 spiro atoms. The number of unbranched alkanes of at least 4 members (excludes halogenated alkanes) is 37. The fourth-order valence-corrected chi connectivity index (χ4v) is 8.99. The molecule has 0 fully saturated rings. The zero-order chi connectivity index (χ0) is 46.5. The van der Waals surface area contributed by atoms with Crippen LogP contribution in [0.3, 0.4) is 0 Å². The number of phosphoric acid groups is 1. The van der Waals surface area contributed by atoms with E-state index in [9.17, 15) is 14.3 Å². The van der Waals surface area contributed by atoms with Crippen LogP contribution in [0.25, 0.3) is 0 Å². The van der Waals surface area contributed by atoms with E-state index >= 15 is 0 Å². The van der Waals surface area contributed by atoms with Gasteiger partial charge in [-0.1, -0.05) is 237 Å². The lowest BCUT2D eigenvalue weighted by Crippen LogP contribution is -2.28.